The van der Waals surface area contributed by atoms with Crippen molar-refractivity contribution < 1.29 is 5.21 Å². The van der Waals surface area contributed by atoms with Crippen molar-refractivity contribution in [2.45, 2.75) is 32.2 Å². The summed E-state index contributed by atoms with van der Waals surface area (Å²) in [5.74, 6) is 0.0447. The largest absolute Gasteiger partial charge is 0.409 e. The van der Waals surface area contributed by atoms with Gasteiger partial charge in [-0.05, 0) is 38.3 Å². The van der Waals surface area contributed by atoms with Crippen LogP contribution < -0.4 is 10.6 Å². The summed E-state index contributed by atoms with van der Waals surface area (Å²) >= 11 is 0. The van der Waals surface area contributed by atoms with Gasteiger partial charge in [-0.3, -0.25) is 4.98 Å². The highest BCUT2D eigenvalue weighted by atomic mass is 16.4. The van der Waals surface area contributed by atoms with E-state index < -0.39 is 0 Å². The molecule has 1 aromatic rings. The second kappa shape index (κ2) is 5.03. The Morgan fingerprint density at radius 1 is 1.53 bits per heavy atom. The van der Waals surface area contributed by atoms with Crippen molar-refractivity contribution in [3.05, 3.63) is 24.0 Å². The molecule has 0 radical (unpaired) electrons. The lowest BCUT2D eigenvalue weighted by atomic mass is 10.0. The van der Waals surface area contributed by atoms with Crippen molar-refractivity contribution in [1.82, 2.24) is 4.98 Å². The van der Waals surface area contributed by atoms with Gasteiger partial charge in [0, 0.05) is 12.6 Å². The maximum Gasteiger partial charge on any atom is 0.188 e. The molecule has 2 rings (SSSR count). The number of nitrogens with zero attached hydrogens (tertiary/aromatic N) is 3. The molecule has 1 aromatic heterocycles. The Balaban J connectivity index is 2.17. The summed E-state index contributed by atoms with van der Waals surface area (Å²) in [4.78, 5) is 6.56. The normalized spacial score (nSPS) is 21.6. The smallest absolute Gasteiger partial charge is 0.188 e. The molecular formula is C12H18N4O. The Labute approximate surface area is 101 Å². The minimum Gasteiger partial charge on any atom is -0.409 e. The molecule has 1 atom stereocenters. The molecule has 0 saturated carbocycles. The van der Waals surface area contributed by atoms with Crippen LogP contribution in [0.25, 0.3) is 0 Å². The van der Waals surface area contributed by atoms with Crippen LogP contribution in [0.2, 0.25) is 0 Å². The summed E-state index contributed by atoms with van der Waals surface area (Å²) in [6.07, 6.45) is 5.54. The van der Waals surface area contributed by atoms with Gasteiger partial charge >= 0.3 is 0 Å². The number of aromatic nitrogens is 1. The number of anilines is 1. The maximum absolute atomic E-state index is 8.56. The number of nitrogens with two attached hydrogens (primary N) is 1. The molecule has 0 bridgehead atoms. The third-order valence-electron chi connectivity index (χ3n) is 3.25. The first-order chi connectivity index (χ1) is 8.22. The van der Waals surface area contributed by atoms with Crippen molar-refractivity contribution in [2.24, 2.45) is 10.9 Å². The molecule has 92 valence electrons. The topological polar surface area (TPSA) is 74.7 Å². The molecule has 3 N–H and O–H groups in total. The summed E-state index contributed by atoms with van der Waals surface area (Å²) in [7, 11) is 0. The quantitative estimate of drug-likeness (QED) is 0.352. The summed E-state index contributed by atoms with van der Waals surface area (Å²) in [5, 5.41) is 11.5. The molecule has 0 aromatic carbocycles. The third-order valence-corrected chi connectivity index (χ3v) is 3.25. The van der Waals surface area contributed by atoms with E-state index in [2.05, 4.69) is 22.0 Å². The minimum absolute atomic E-state index is 0.0447. The zero-order valence-electron chi connectivity index (χ0n) is 10.0. The van der Waals surface area contributed by atoms with E-state index in [9.17, 15) is 0 Å². The molecule has 2 heterocycles. The molecule has 1 saturated heterocycles. The van der Waals surface area contributed by atoms with Crippen LogP contribution in [0.3, 0.4) is 0 Å². The SMILES string of the molecule is CC1CCCCN1c1ccc(/C(N)=N/O)nc1. The van der Waals surface area contributed by atoms with Crippen LogP contribution in [0.5, 0.6) is 0 Å². The Morgan fingerprint density at radius 3 is 2.94 bits per heavy atom. The van der Waals surface area contributed by atoms with Gasteiger partial charge in [-0.15, -0.1) is 0 Å². The van der Waals surface area contributed by atoms with Gasteiger partial charge in [-0.2, -0.15) is 0 Å². The minimum atomic E-state index is 0.0447. The van der Waals surface area contributed by atoms with Crippen LogP contribution in [0.15, 0.2) is 23.5 Å². The highest BCUT2D eigenvalue weighted by Crippen LogP contribution is 2.23. The highest BCUT2D eigenvalue weighted by Gasteiger charge is 2.18. The molecule has 0 aliphatic carbocycles. The summed E-state index contributed by atoms with van der Waals surface area (Å²) in [6, 6.07) is 4.31. The van der Waals surface area contributed by atoms with E-state index in [-0.39, 0.29) is 5.84 Å². The molecule has 1 fully saturated rings. The average molecular weight is 234 g/mol. The predicted molar refractivity (Wildman–Crippen MR) is 67.4 cm³/mol. The van der Waals surface area contributed by atoms with Gasteiger partial charge in [0.1, 0.15) is 5.69 Å². The predicted octanol–water partition coefficient (Wildman–Crippen LogP) is 1.55. The van der Waals surface area contributed by atoms with Crippen LogP contribution in [0.4, 0.5) is 5.69 Å². The molecule has 1 unspecified atom stereocenters. The Bertz CT molecular complexity index is 401. The second-order valence-electron chi connectivity index (χ2n) is 4.43. The Hall–Kier alpha value is -1.78. The Kier molecular flexibility index (Phi) is 3.46. The zero-order valence-corrected chi connectivity index (χ0v) is 10.0. The molecule has 5 heteroatoms. The highest BCUT2D eigenvalue weighted by molar-refractivity contribution is 5.95. The van der Waals surface area contributed by atoms with Crippen molar-refractivity contribution in [2.75, 3.05) is 11.4 Å². The van der Waals surface area contributed by atoms with E-state index in [0.717, 1.165) is 12.2 Å². The lowest BCUT2D eigenvalue weighted by Gasteiger charge is -2.35. The lowest BCUT2D eigenvalue weighted by Crippen LogP contribution is -2.37. The number of oxime groups is 1. The van der Waals surface area contributed by atoms with E-state index in [1.807, 2.05) is 6.07 Å². The van der Waals surface area contributed by atoms with Crippen LogP contribution in [-0.4, -0.2) is 28.6 Å². The summed E-state index contributed by atoms with van der Waals surface area (Å²) in [5.41, 5.74) is 7.08. The zero-order chi connectivity index (χ0) is 12.3. The summed E-state index contributed by atoms with van der Waals surface area (Å²) in [6.45, 7) is 3.31. The van der Waals surface area contributed by atoms with Gasteiger partial charge in [0.05, 0.1) is 11.9 Å². The molecular weight excluding hydrogens is 216 g/mol. The van der Waals surface area contributed by atoms with E-state index in [0.29, 0.717) is 11.7 Å². The van der Waals surface area contributed by atoms with Gasteiger partial charge < -0.3 is 15.8 Å². The first kappa shape index (κ1) is 11.7. The van der Waals surface area contributed by atoms with Crippen molar-refractivity contribution in [3.63, 3.8) is 0 Å². The third kappa shape index (κ3) is 2.49. The first-order valence-corrected chi connectivity index (χ1v) is 5.93. The molecule has 5 nitrogen and oxygen atoms in total. The van der Waals surface area contributed by atoms with Crippen LogP contribution in [0, 0.1) is 0 Å². The van der Waals surface area contributed by atoms with E-state index >= 15 is 0 Å². The molecule has 1 aliphatic heterocycles. The molecule has 17 heavy (non-hydrogen) atoms. The van der Waals surface area contributed by atoms with Gasteiger partial charge in [0.15, 0.2) is 5.84 Å². The van der Waals surface area contributed by atoms with Crippen molar-refractivity contribution in [1.29, 1.82) is 0 Å². The number of rotatable bonds is 2. The van der Waals surface area contributed by atoms with Crippen LogP contribution >= 0.6 is 0 Å². The van der Waals surface area contributed by atoms with Gasteiger partial charge in [0.2, 0.25) is 0 Å². The fourth-order valence-electron chi connectivity index (χ4n) is 2.24. The number of hydrogen-bond acceptors (Lipinski definition) is 4. The fraction of sp³-hybridized carbons (Fsp3) is 0.500. The maximum atomic E-state index is 8.56. The standard InChI is InChI=1S/C12H18N4O/c1-9-4-2-3-7-16(9)10-5-6-11(14-8-10)12(13)15-17/h5-6,8-9,17H,2-4,7H2,1H3,(H2,13,15). The van der Waals surface area contributed by atoms with Gasteiger partial charge in [0.25, 0.3) is 0 Å². The lowest BCUT2D eigenvalue weighted by molar-refractivity contribution is 0.318. The van der Waals surface area contributed by atoms with Crippen LogP contribution in [0.1, 0.15) is 31.9 Å². The number of hydrogen-bond donors (Lipinski definition) is 2. The molecule has 0 spiro atoms. The monoisotopic (exact) mass is 234 g/mol. The average Bonchev–Trinajstić information content (AvgIpc) is 2.39. The van der Waals surface area contributed by atoms with Gasteiger partial charge in [-0.25, -0.2) is 0 Å². The Morgan fingerprint density at radius 2 is 2.35 bits per heavy atom. The number of amidine groups is 1. The molecule has 1 aliphatic rings. The van der Waals surface area contributed by atoms with E-state index in [4.69, 9.17) is 10.9 Å². The van der Waals surface area contributed by atoms with Gasteiger partial charge in [-0.1, -0.05) is 5.16 Å². The second-order valence-corrected chi connectivity index (χ2v) is 4.43. The number of pyridine rings is 1. The summed E-state index contributed by atoms with van der Waals surface area (Å²) < 4.78 is 0. The fourth-order valence-corrected chi connectivity index (χ4v) is 2.24. The molecule has 0 amide bonds. The van der Waals surface area contributed by atoms with E-state index in [1.54, 1.807) is 12.3 Å². The van der Waals surface area contributed by atoms with Crippen LogP contribution in [-0.2, 0) is 0 Å². The van der Waals surface area contributed by atoms with Crippen molar-refractivity contribution in [3.8, 4) is 0 Å². The van der Waals surface area contributed by atoms with Crippen molar-refractivity contribution >= 4 is 11.5 Å². The first-order valence-electron chi connectivity index (χ1n) is 5.93. The number of piperidine rings is 1. The van der Waals surface area contributed by atoms with E-state index in [1.165, 1.54) is 19.3 Å².